The van der Waals surface area contributed by atoms with Crippen molar-refractivity contribution in [3.05, 3.63) is 69.4 Å². The molecule has 0 aliphatic rings. The zero-order valence-electron chi connectivity index (χ0n) is 11.1. The van der Waals surface area contributed by atoms with Crippen LogP contribution in [0.15, 0.2) is 52.1 Å². The van der Waals surface area contributed by atoms with E-state index in [4.69, 9.17) is 15.7 Å². The van der Waals surface area contributed by atoms with Crippen molar-refractivity contribution < 1.29 is 14.3 Å². The van der Waals surface area contributed by atoms with E-state index >= 15 is 0 Å². The Hall–Kier alpha value is -1.92. The Labute approximate surface area is 130 Å². The molecule has 2 aromatic rings. The molecular formula is C15H14BrFN2O2. The average Bonchev–Trinajstić information content (AvgIpc) is 2.48. The first-order valence-electron chi connectivity index (χ1n) is 6.18. The molecule has 2 aromatic carbocycles. The first kappa shape index (κ1) is 15.5. The molecule has 0 saturated heterocycles. The Balaban J connectivity index is 2.00. The third-order valence-electron chi connectivity index (χ3n) is 2.81. The third-order valence-corrected chi connectivity index (χ3v) is 3.34. The number of hydrogen-bond donors (Lipinski definition) is 2. The molecule has 6 heteroatoms. The lowest BCUT2D eigenvalue weighted by molar-refractivity contribution is 0.107. The van der Waals surface area contributed by atoms with Gasteiger partial charge >= 0.3 is 0 Å². The van der Waals surface area contributed by atoms with Crippen molar-refractivity contribution in [2.24, 2.45) is 10.9 Å². The second-order valence-corrected chi connectivity index (χ2v) is 5.37. The molecule has 4 nitrogen and oxygen atoms in total. The fraction of sp³-hybridized carbons (Fsp3) is 0.133. The lowest BCUT2D eigenvalue weighted by Crippen LogP contribution is -2.13. The molecule has 0 atom stereocenters. The number of nitrogens with zero attached hydrogens (tertiary/aromatic N) is 1. The van der Waals surface area contributed by atoms with Gasteiger partial charge in [-0.1, -0.05) is 33.2 Å². The summed E-state index contributed by atoms with van der Waals surface area (Å²) in [5.74, 6) is -0.593. The minimum atomic E-state index is -0.457. The Morgan fingerprint density at radius 3 is 2.48 bits per heavy atom. The lowest BCUT2D eigenvalue weighted by atomic mass is 10.1. The normalized spacial score (nSPS) is 11.6. The second-order valence-electron chi connectivity index (χ2n) is 4.45. The van der Waals surface area contributed by atoms with Crippen molar-refractivity contribution in [3.63, 3.8) is 0 Å². The van der Waals surface area contributed by atoms with Crippen LogP contribution < -0.4 is 5.73 Å². The molecular weight excluding hydrogens is 339 g/mol. The molecule has 2 rings (SSSR count). The predicted molar refractivity (Wildman–Crippen MR) is 81.5 cm³/mol. The lowest BCUT2D eigenvalue weighted by Gasteiger charge is -2.07. The van der Waals surface area contributed by atoms with Crippen LogP contribution in [0.3, 0.4) is 0 Å². The van der Waals surface area contributed by atoms with Gasteiger partial charge in [-0.3, -0.25) is 0 Å². The minimum Gasteiger partial charge on any atom is -0.409 e. The van der Waals surface area contributed by atoms with Crippen LogP contribution in [0.5, 0.6) is 0 Å². The van der Waals surface area contributed by atoms with E-state index < -0.39 is 5.82 Å². The summed E-state index contributed by atoms with van der Waals surface area (Å²) < 4.78 is 20.0. The highest BCUT2D eigenvalue weighted by atomic mass is 79.9. The Kier molecular flexibility index (Phi) is 5.30. The molecule has 21 heavy (non-hydrogen) atoms. The maximum atomic E-state index is 13.5. The number of rotatable bonds is 5. The molecule has 0 aromatic heterocycles. The fourth-order valence-electron chi connectivity index (χ4n) is 1.81. The Morgan fingerprint density at radius 1 is 1.14 bits per heavy atom. The summed E-state index contributed by atoms with van der Waals surface area (Å²) in [5.41, 5.74) is 7.41. The summed E-state index contributed by atoms with van der Waals surface area (Å²) in [4.78, 5) is 0. The first-order valence-corrected chi connectivity index (χ1v) is 6.97. The maximum absolute atomic E-state index is 13.5. The highest BCUT2D eigenvalue weighted by Gasteiger charge is 2.05. The molecule has 0 aliphatic heterocycles. The summed E-state index contributed by atoms with van der Waals surface area (Å²) in [7, 11) is 0. The highest BCUT2D eigenvalue weighted by Crippen LogP contribution is 2.14. The van der Waals surface area contributed by atoms with Crippen LogP contribution in [0.4, 0.5) is 4.39 Å². The zero-order valence-corrected chi connectivity index (χ0v) is 12.7. The SMILES string of the molecule is N/C(=N/O)c1cc(F)cc(COCc2ccc(Br)cc2)c1. The largest absolute Gasteiger partial charge is 0.409 e. The quantitative estimate of drug-likeness (QED) is 0.375. The zero-order chi connectivity index (χ0) is 15.2. The standard InChI is InChI=1S/C15H14BrFN2O2/c16-13-3-1-10(2-4-13)8-21-9-11-5-12(15(18)19-20)7-14(17)6-11/h1-7,20H,8-9H2,(H2,18,19). The molecule has 0 amide bonds. The van der Waals surface area contributed by atoms with Crippen LogP contribution in [0.1, 0.15) is 16.7 Å². The van der Waals surface area contributed by atoms with Crippen LogP contribution in [0, 0.1) is 5.82 Å². The van der Waals surface area contributed by atoms with Crippen LogP contribution in [0.2, 0.25) is 0 Å². The molecule has 0 spiro atoms. The van der Waals surface area contributed by atoms with E-state index in [1.54, 1.807) is 6.07 Å². The number of benzene rings is 2. The van der Waals surface area contributed by atoms with E-state index in [2.05, 4.69) is 21.1 Å². The van der Waals surface area contributed by atoms with Gasteiger partial charge in [-0.05, 0) is 41.5 Å². The van der Waals surface area contributed by atoms with Crippen LogP contribution in [-0.2, 0) is 18.0 Å². The van der Waals surface area contributed by atoms with E-state index in [1.807, 2.05) is 24.3 Å². The van der Waals surface area contributed by atoms with E-state index in [-0.39, 0.29) is 12.4 Å². The molecule has 0 heterocycles. The molecule has 0 saturated carbocycles. The summed E-state index contributed by atoms with van der Waals surface area (Å²) in [6.07, 6.45) is 0. The van der Waals surface area contributed by atoms with Crippen molar-refractivity contribution in [1.29, 1.82) is 0 Å². The first-order chi connectivity index (χ1) is 10.1. The predicted octanol–water partition coefficient (Wildman–Crippen LogP) is 3.40. The molecule has 0 unspecified atom stereocenters. The van der Waals surface area contributed by atoms with Gasteiger partial charge in [-0.25, -0.2) is 4.39 Å². The number of ether oxygens (including phenoxy) is 1. The monoisotopic (exact) mass is 352 g/mol. The van der Waals surface area contributed by atoms with Crippen LogP contribution >= 0.6 is 15.9 Å². The van der Waals surface area contributed by atoms with Crippen LogP contribution in [0.25, 0.3) is 0 Å². The van der Waals surface area contributed by atoms with Gasteiger partial charge in [0.05, 0.1) is 13.2 Å². The van der Waals surface area contributed by atoms with Crippen molar-refractivity contribution in [2.45, 2.75) is 13.2 Å². The van der Waals surface area contributed by atoms with Gasteiger partial charge in [0, 0.05) is 10.0 Å². The number of amidine groups is 1. The third kappa shape index (κ3) is 4.54. The van der Waals surface area contributed by atoms with Gasteiger partial charge in [0.25, 0.3) is 0 Å². The minimum absolute atomic E-state index is 0.136. The fourth-order valence-corrected chi connectivity index (χ4v) is 2.07. The number of nitrogens with two attached hydrogens (primary N) is 1. The van der Waals surface area contributed by atoms with Gasteiger partial charge in [-0.15, -0.1) is 0 Å². The molecule has 0 aliphatic carbocycles. The molecule has 110 valence electrons. The van der Waals surface area contributed by atoms with Gasteiger partial charge in [0.15, 0.2) is 5.84 Å². The Bertz CT molecular complexity index is 645. The molecule has 0 bridgehead atoms. The van der Waals surface area contributed by atoms with Crippen molar-refractivity contribution >= 4 is 21.8 Å². The maximum Gasteiger partial charge on any atom is 0.170 e. The molecule has 3 N–H and O–H groups in total. The number of hydrogen-bond acceptors (Lipinski definition) is 3. The number of halogens is 2. The molecule has 0 fully saturated rings. The van der Waals surface area contributed by atoms with E-state index in [9.17, 15) is 4.39 Å². The van der Waals surface area contributed by atoms with E-state index in [1.165, 1.54) is 12.1 Å². The second kappa shape index (κ2) is 7.19. The summed E-state index contributed by atoms with van der Waals surface area (Å²) in [5, 5.41) is 11.5. The summed E-state index contributed by atoms with van der Waals surface area (Å²) in [6, 6.07) is 11.9. The summed E-state index contributed by atoms with van der Waals surface area (Å²) in [6.45, 7) is 0.655. The van der Waals surface area contributed by atoms with Crippen molar-refractivity contribution in [1.82, 2.24) is 0 Å². The smallest absolute Gasteiger partial charge is 0.170 e. The highest BCUT2D eigenvalue weighted by molar-refractivity contribution is 9.10. The van der Waals surface area contributed by atoms with Crippen molar-refractivity contribution in [2.75, 3.05) is 0 Å². The number of oxime groups is 1. The van der Waals surface area contributed by atoms with Gasteiger partial charge < -0.3 is 15.7 Å². The van der Waals surface area contributed by atoms with Gasteiger partial charge in [0.1, 0.15) is 5.82 Å². The van der Waals surface area contributed by atoms with Crippen molar-refractivity contribution in [3.8, 4) is 0 Å². The van der Waals surface area contributed by atoms with Crippen LogP contribution in [-0.4, -0.2) is 11.0 Å². The Morgan fingerprint density at radius 2 is 1.81 bits per heavy atom. The topological polar surface area (TPSA) is 67.8 Å². The van der Waals surface area contributed by atoms with E-state index in [0.717, 1.165) is 10.0 Å². The van der Waals surface area contributed by atoms with Gasteiger partial charge in [0.2, 0.25) is 0 Å². The average molecular weight is 353 g/mol. The van der Waals surface area contributed by atoms with E-state index in [0.29, 0.717) is 17.7 Å². The molecule has 0 radical (unpaired) electrons. The van der Waals surface area contributed by atoms with Gasteiger partial charge in [-0.2, -0.15) is 0 Å². The summed E-state index contributed by atoms with van der Waals surface area (Å²) >= 11 is 3.36.